The summed E-state index contributed by atoms with van der Waals surface area (Å²) in [5.74, 6) is 0.693. The predicted molar refractivity (Wildman–Crippen MR) is 94.1 cm³/mol. The van der Waals surface area contributed by atoms with Gasteiger partial charge in [0.25, 0.3) is 0 Å². The van der Waals surface area contributed by atoms with E-state index in [0.717, 1.165) is 25.2 Å². The number of aryl methyl sites for hydroxylation is 2. The van der Waals surface area contributed by atoms with E-state index in [1.165, 1.54) is 0 Å². The molecule has 26 heavy (non-hydrogen) atoms. The summed E-state index contributed by atoms with van der Waals surface area (Å²) in [4.78, 5) is 6.49. The van der Waals surface area contributed by atoms with E-state index in [1.807, 2.05) is 10.7 Å². The monoisotopic (exact) mass is 349 g/mol. The van der Waals surface area contributed by atoms with Crippen LogP contribution in [-0.2, 0) is 20.1 Å². The maximum absolute atomic E-state index is 10.6. The van der Waals surface area contributed by atoms with Crippen molar-refractivity contribution in [2.24, 2.45) is 7.05 Å². The number of aromatic nitrogens is 5. The summed E-state index contributed by atoms with van der Waals surface area (Å²) in [5.41, 5.74) is 2.86. The molecular weight excluding hydrogens is 330 g/mol. The largest absolute Gasteiger partial charge is 0.380 e. The first kappa shape index (κ1) is 16.3. The Bertz CT molecular complexity index is 968. The van der Waals surface area contributed by atoms with Crippen LogP contribution in [-0.4, -0.2) is 36.2 Å². The van der Waals surface area contributed by atoms with E-state index < -0.39 is 6.10 Å². The first-order valence-electron chi connectivity index (χ1n) is 8.50. The number of nitrogens with zero attached hydrogens (tertiary/aromatic N) is 7. The van der Waals surface area contributed by atoms with Crippen LogP contribution in [0.4, 0.5) is 5.82 Å². The van der Waals surface area contributed by atoms with Crippen molar-refractivity contribution in [1.82, 2.24) is 24.5 Å². The summed E-state index contributed by atoms with van der Waals surface area (Å²) in [6, 6.07) is 9.47. The highest BCUT2D eigenvalue weighted by atomic mass is 16.3. The van der Waals surface area contributed by atoms with Crippen molar-refractivity contribution in [3.8, 4) is 6.07 Å². The Balaban J connectivity index is 1.64. The van der Waals surface area contributed by atoms with Gasteiger partial charge in [-0.05, 0) is 30.7 Å². The van der Waals surface area contributed by atoms with E-state index in [9.17, 15) is 10.4 Å². The number of aliphatic hydroxyl groups is 1. The molecule has 0 spiro atoms. The average molecular weight is 349 g/mol. The van der Waals surface area contributed by atoms with Crippen LogP contribution >= 0.6 is 0 Å². The summed E-state index contributed by atoms with van der Waals surface area (Å²) in [6.07, 6.45) is 3.43. The molecule has 4 rings (SSSR count). The molecule has 1 aliphatic heterocycles. The number of aliphatic hydroxyl groups excluding tert-OH is 1. The Kier molecular flexibility index (Phi) is 4.14. The van der Waals surface area contributed by atoms with Gasteiger partial charge in [-0.15, -0.1) is 0 Å². The van der Waals surface area contributed by atoms with Crippen molar-refractivity contribution < 1.29 is 5.11 Å². The Morgan fingerprint density at radius 3 is 2.92 bits per heavy atom. The Hall–Kier alpha value is -3.18. The third-order valence-electron chi connectivity index (χ3n) is 4.66. The molecule has 4 heterocycles. The molecule has 1 N–H and O–H groups in total. The molecule has 1 atom stereocenters. The first-order chi connectivity index (χ1) is 12.7. The van der Waals surface area contributed by atoms with Crippen molar-refractivity contribution in [3.05, 3.63) is 59.3 Å². The van der Waals surface area contributed by atoms with E-state index in [2.05, 4.69) is 26.2 Å². The van der Waals surface area contributed by atoms with Gasteiger partial charge >= 0.3 is 0 Å². The number of rotatable bonds is 3. The number of hydrogen-bond acceptors (Lipinski definition) is 6. The van der Waals surface area contributed by atoms with Crippen LogP contribution in [0.5, 0.6) is 0 Å². The molecule has 3 aromatic heterocycles. The van der Waals surface area contributed by atoms with Gasteiger partial charge in [-0.2, -0.15) is 15.5 Å². The predicted octanol–water partition coefficient (Wildman–Crippen LogP) is 1.38. The van der Waals surface area contributed by atoms with Gasteiger partial charge in [0, 0.05) is 32.5 Å². The molecule has 0 saturated carbocycles. The van der Waals surface area contributed by atoms with Crippen LogP contribution in [0.3, 0.4) is 0 Å². The third-order valence-corrected chi connectivity index (χ3v) is 4.66. The highest BCUT2D eigenvalue weighted by Gasteiger charge is 2.23. The summed E-state index contributed by atoms with van der Waals surface area (Å²) in [5, 5.41) is 28.7. The van der Waals surface area contributed by atoms with Gasteiger partial charge in [0.1, 0.15) is 18.0 Å². The van der Waals surface area contributed by atoms with Gasteiger partial charge < -0.3 is 10.0 Å². The quantitative estimate of drug-likeness (QED) is 0.767. The number of hydrogen-bond donors (Lipinski definition) is 1. The zero-order valence-corrected chi connectivity index (χ0v) is 14.4. The van der Waals surface area contributed by atoms with Crippen LogP contribution in [0.2, 0.25) is 0 Å². The molecule has 8 heteroatoms. The van der Waals surface area contributed by atoms with Crippen LogP contribution < -0.4 is 4.90 Å². The number of nitriles is 1. The zero-order valence-electron chi connectivity index (χ0n) is 14.4. The Labute approximate surface area is 150 Å². The van der Waals surface area contributed by atoms with Crippen LogP contribution in [0.15, 0.2) is 36.7 Å². The van der Waals surface area contributed by atoms with E-state index in [0.29, 0.717) is 29.3 Å². The fourth-order valence-corrected chi connectivity index (χ4v) is 3.34. The van der Waals surface area contributed by atoms with Gasteiger partial charge in [-0.25, -0.2) is 4.98 Å². The van der Waals surface area contributed by atoms with Crippen LogP contribution in [0, 0.1) is 11.3 Å². The lowest BCUT2D eigenvalue weighted by molar-refractivity contribution is 0.203. The molecule has 0 aliphatic carbocycles. The normalized spacial score (nSPS) is 15.2. The molecule has 132 valence electrons. The molecule has 3 aromatic rings. The summed E-state index contributed by atoms with van der Waals surface area (Å²) in [7, 11) is 1.80. The zero-order chi connectivity index (χ0) is 18.1. The lowest BCUT2D eigenvalue weighted by Gasteiger charge is -2.21. The Morgan fingerprint density at radius 2 is 2.15 bits per heavy atom. The standard InChI is InChI=1S/C18H19N7O/c1-23-16(5-7-21-23)17(26)15-10-14-12-24(8-3-9-25(14)22-15)18-13(11-19)4-2-6-20-18/h2,4-7,10,17,26H,3,8-9,12H2,1H3. The highest BCUT2D eigenvalue weighted by Crippen LogP contribution is 2.25. The molecule has 8 nitrogen and oxygen atoms in total. The summed E-state index contributed by atoms with van der Waals surface area (Å²) in [6.45, 7) is 2.16. The maximum atomic E-state index is 10.6. The van der Waals surface area contributed by atoms with Gasteiger partial charge in [0.2, 0.25) is 0 Å². The fourth-order valence-electron chi connectivity index (χ4n) is 3.34. The minimum absolute atomic E-state index is 0.565. The van der Waals surface area contributed by atoms with E-state index in [4.69, 9.17) is 0 Å². The molecule has 1 unspecified atom stereocenters. The van der Waals surface area contributed by atoms with Gasteiger partial charge in [0.15, 0.2) is 0 Å². The molecule has 0 fully saturated rings. The second-order valence-corrected chi connectivity index (χ2v) is 6.33. The number of fused-ring (bicyclic) bond motifs is 1. The van der Waals surface area contributed by atoms with E-state index in [-0.39, 0.29) is 0 Å². The topological polar surface area (TPSA) is 95.8 Å². The number of anilines is 1. The lowest BCUT2D eigenvalue weighted by atomic mass is 10.1. The molecular formula is C18H19N7O. The SMILES string of the molecule is Cn1nccc1C(O)c1cc2n(n1)CCCN(c1ncccc1C#N)C2. The van der Waals surface area contributed by atoms with Crippen LogP contribution in [0.25, 0.3) is 0 Å². The van der Waals surface area contributed by atoms with Crippen molar-refractivity contribution in [2.45, 2.75) is 25.6 Å². The van der Waals surface area contributed by atoms with Gasteiger partial charge in [-0.3, -0.25) is 9.36 Å². The average Bonchev–Trinajstić information content (AvgIpc) is 3.21. The van der Waals surface area contributed by atoms with Crippen LogP contribution in [0.1, 0.15) is 35.2 Å². The van der Waals surface area contributed by atoms with Crippen molar-refractivity contribution in [2.75, 3.05) is 11.4 Å². The van der Waals surface area contributed by atoms with Crippen molar-refractivity contribution >= 4 is 5.82 Å². The maximum Gasteiger partial charge on any atom is 0.146 e. The summed E-state index contributed by atoms with van der Waals surface area (Å²) >= 11 is 0. The van der Waals surface area contributed by atoms with E-state index >= 15 is 0 Å². The number of pyridine rings is 1. The van der Waals surface area contributed by atoms with Crippen molar-refractivity contribution in [1.29, 1.82) is 5.26 Å². The van der Waals surface area contributed by atoms with Gasteiger partial charge in [-0.1, -0.05) is 0 Å². The minimum Gasteiger partial charge on any atom is -0.380 e. The molecule has 0 aromatic carbocycles. The smallest absolute Gasteiger partial charge is 0.146 e. The molecule has 0 amide bonds. The van der Waals surface area contributed by atoms with Crippen molar-refractivity contribution in [3.63, 3.8) is 0 Å². The lowest BCUT2D eigenvalue weighted by Crippen LogP contribution is -2.24. The fraction of sp³-hybridized carbons (Fsp3) is 0.333. The highest BCUT2D eigenvalue weighted by molar-refractivity contribution is 5.53. The first-order valence-corrected chi connectivity index (χ1v) is 8.50. The second kappa shape index (κ2) is 6.61. The minimum atomic E-state index is -0.820. The second-order valence-electron chi connectivity index (χ2n) is 6.33. The Morgan fingerprint density at radius 1 is 1.27 bits per heavy atom. The third kappa shape index (κ3) is 2.82. The molecule has 0 saturated heterocycles. The summed E-state index contributed by atoms with van der Waals surface area (Å²) < 4.78 is 3.58. The molecule has 1 aliphatic rings. The molecule has 0 bridgehead atoms. The molecule has 0 radical (unpaired) electrons. The van der Waals surface area contributed by atoms with E-state index in [1.54, 1.807) is 42.3 Å². The van der Waals surface area contributed by atoms with Gasteiger partial charge in [0.05, 0.1) is 29.2 Å².